The van der Waals surface area contributed by atoms with Crippen LogP contribution in [0.2, 0.25) is 0 Å². The van der Waals surface area contributed by atoms with Crippen molar-refractivity contribution in [3.8, 4) is 0 Å². The number of allylic oxidation sites excluding steroid dienone is 20. The zero-order valence-corrected chi connectivity index (χ0v) is 40.6. The van der Waals surface area contributed by atoms with Crippen LogP contribution in [0, 0.1) is 10.8 Å². The van der Waals surface area contributed by atoms with E-state index in [1.54, 1.807) is 0 Å². The van der Waals surface area contributed by atoms with Gasteiger partial charge in [0.1, 0.15) is 0 Å². The summed E-state index contributed by atoms with van der Waals surface area (Å²) in [5, 5.41) is 0. The first-order valence-electron chi connectivity index (χ1n) is 23.3. The zero-order chi connectivity index (χ0) is 46.3. The summed E-state index contributed by atoms with van der Waals surface area (Å²) >= 11 is 0. The molecule has 0 saturated carbocycles. The average molecular weight is 849 g/mol. The van der Waals surface area contributed by atoms with Crippen molar-refractivity contribution in [2.75, 3.05) is 0 Å². The van der Waals surface area contributed by atoms with Crippen LogP contribution < -0.4 is 0 Å². The van der Waals surface area contributed by atoms with Crippen molar-refractivity contribution in [1.82, 2.24) is 0 Å². The molecule has 0 unspecified atom stereocenters. The first-order chi connectivity index (χ1) is 29.3. The summed E-state index contributed by atoms with van der Waals surface area (Å²) < 4.78 is 11.4. The Balaban J connectivity index is 1.93. The van der Waals surface area contributed by atoms with Gasteiger partial charge >= 0.3 is 11.9 Å². The van der Waals surface area contributed by atoms with Gasteiger partial charge in [0.05, 0.1) is 0 Å². The molecule has 2 aliphatic carbocycles. The number of carbonyl (C=O) groups is 4. The van der Waals surface area contributed by atoms with Crippen LogP contribution in [0.5, 0.6) is 0 Å². The van der Waals surface area contributed by atoms with Crippen molar-refractivity contribution in [2.24, 2.45) is 10.8 Å². The maximum atomic E-state index is 13.2. The van der Waals surface area contributed by atoms with E-state index >= 15 is 0 Å². The minimum absolute atomic E-state index is 0.0944. The lowest BCUT2D eigenvalue weighted by molar-refractivity contribution is -0.156. The highest BCUT2D eigenvalue weighted by atomic mass is 16.6. The number of ether oxygens (including phenoxy) is 2. The number of hydrogen-bond acceptors (Lipinski definition) is 6. The second kappa shape index (κ2) is 27.5. The van der Waals surface area contributed by atoms with Crippen molar-refractivity contribution < 1.29 is 28.7 Å². The van der Waals surface area contributed by atoms with Crippen molar-refractivity contribution in [1.29, 1.82) is 0 Å². The summed E-state index contributed by atoms with van der Waals surface area (Å²) in [7, 11) is 0. The highest BCUT2D eigenvalue weighted by Crippen LogP contribution is 2.42. The molecule has 2 atom stereocenters. The first kappa shape index (κ1) is 53.6. The van der Waals surface area contributed by atoms with Gasteiger partial charge in [-0.25, -0.2) is 0 Å². The second-order valence-corrected chi connectivity index (χ2v) is 18.7. The van der Waals surface area contributed by atoms with E-state index in [4.69, 9.17) is 9.47 Å². The number of unbranched alkanes of at least 4 members (excludes halogenated alkanes) is 8. The quantitative estimate of drug-likeness (QED) is 0.0546. The van der Waals surface area contributed by atoms with E-state index in [0.29, 0.717) is 36.8 Å². The van der Waals surface area contributed by atoms with Gasteiger partial charge < -0.3 is 9.47 Å². The molecule has 0 spiro atoms. The molecular formula is C56H80O6. The van der Waals surface area contributed by atoms with Crippen LogP contribution >= 0.6 is 0 Å². The normalized spacial score (nSPS) is 20.6. The molecule has 0 bridgehead atoms. The van der Waals surface area contributed by atoms with E-state index in [2.05, 4.69) is 91.8 Å². The fourth-order valence-corrected chi connectivity index (χ4v) is 7.94. The predicted molar refractivity (Wildman–Crippen MR) is 259 cm³/mol. The van der Waals surface area contributed by atoms with E-state index in [1.807, 2.05) is 76.3 Å². The molecule has 0 heterocycles. The fourth-order valence-electron chi connectivity index (χ4n) is 7.94. The van der Waals surface area contributed by atoms with Gasteiger partial charge in [0.25, 0.3) is 0 Å². The molecule has 6 heteroatoms. The van der Waals surface area contributed by atoms with Gasteiger partial charge in [0.15, 0.2) is 23.8 Å². The van der Waals surface area contributed by atoms with E-state index < -0.39 is 12.2 Å². The predicted octanol–water partition coefficient (Wildman–Crippen LogP) is 14.7. The van der Waals surface area contributed by atoms with Crippen LogP contribution in [0.3, 0.4) is 0 Å². The van der Waals surface area contributed by atoms with Gasteiger partial charge in [-0.15, -0.1) is 0 Å². The van der Waals surface area contributed by atoms with Crippen LogP contribution in [0.25, 0.3) is 0 Å². The fraction of sp³-hybridized carbons (Fsp3) is 0.536. The second-order valence-electron chi connectivity index (χ2n) is 18.7. The standard InChI is InChI=1S/C56H80O6/c1-13-15-17-19-21-33-51(57)61-49-39-55(9,10)47(45(7)53(49)59)37-35-43(5)31-25-29-41(3)27-23-24-28-42(4)30-26-32-44(6)36-38-48-46(8)54(60)50(40-56(48,11)12)62-52(58)34-22-20-18-16-14-2/h23-32,35-38,49-50H,13-22,33-34,39-40H2,1-12H3/b24-23+,29-25+,30-26+,37-35+,38-36+,41-27+,42-28+,43-31+,44-32+/t49-,50-/m0/s1. The Hall–Kier alpha value is -4.58. The molecule has 0 saturated heterocycles. The Morgan fingerprint density at radius 3 is 1.19 bits per heavy atom. The zero-order valence-electron chi connectivity index (χ0n) is 40.6. The van der Waals surface area contributed by atoms with E-state index in [1.165, 1.54) is 12.8 Å². The number of Topliss-reactive ketones (excluding diaryl/α,β-unsaturated/α-hetero) is 2. The number of hydrogen-bond donors (Lipinski definition) is 0. The summed E-state index contributed by atoms with van der Waals surface area (Å²) in [4.78, 5) is 51.4. The maximum absolute atomic E-state index is 13.2. The molecule has 0 N–H and O–H groups in total. The van der Waals surface area contributed by atoms with Crippen LogP contribution in [0.15, 0.2) is 130 Å². The number of esters is 2. The first-order valence-corrected chi connectivity index (χ1v) is 23.3. The summed E-state index contributed by atoms with van der Waals surface area (Å²) in [6.07, 6.45) is 39.5. The van der Waals surface area contributed by atoms with E-state index in [-0.39, 0.29) is 34.3 Å². The molecule has 6 nitrogen and oxygen atoms in total. The third kappa shape index (κ3) is 19.2. The molecule has 0 aromatic heterocycles. The minimum Gasteiger partial charge on any atom is -0.454 e. The summed E-state index contributed by atoms with van der Waals surface area (Å²) in [5.41, 5.74) is 7.04. The molecule has 340 valence electrons. The lowest BCUT2D eigenvalue weighted by atomic mass is 9.71. The van der Waals surface area contributed by atoms with E-state index in [9.17, 15) is 19.2 Å². The molecule has 2 rings (SSSR count). The molecule has 0 aromatic rings. The summed E-state index contributed by atoms with van der Waals surface area (Å²) in [6.45, 7) is 24.7. The van der Waals surface area contributed by atoms with Gasteiger partial charge in [-0.2, -0.15) is 0 Å². The Labute approximate surface area is 376 Å². The van der Waals surface area contributed by atoms with Crippen LogP contribution in [-0.2, 0) is 28.7 Å². The van der Waals surface area contributed by atoms with E-state index in [0.717, 1.165) is 84.8 Å². The number of rotatable bonds is 24. The molecular weight excluding hydrogens is 769 g/mol. The Bertz CT molecular complexity index is 1750. The van der Waals surface area contributed by atoms with Gasteiger partial charge in [-0.1, -0.05) is 200 Å². The smallest absolute Gasteiger partial charge is 0.306 e. The average Bonchev–Trinajstić information content (AvgIpc) is 3.19. The van der Waals surface area contributed by atoms with Crippen molar-refractivity contribution in [3.63, 3.8) is 0 Å². The maximum Gasteiger partial charge on any atom is 0.306 e. The number of carbonyl (C=O) groups excluding carboxylic acids is 4. The summed E-state index contributed by atoms with van der Waals surface area (Å²) in [6, 6.07) is 0. The molecule has 0 aliphatic heterocycles. The highest BCUT2D eigenvalue weighted by molar-refractivity contribution is 6.02. The van der Waals surface area contributed by atoms with Crippen molar-refractivity contribution in [2.45, 2.75) is 185 Å². The van der Waals surface area contributed by atoms with Gasteiger partial charge in [-0.3, -0.25) is 19.2 Å². The number of ketones is 2. The lowest BCUT2D eigenvalue weighted by Crippen LogP contribution is -2.39. The Morgan fingerprint density at radius 2 is 0.839 bits per heavy atom. The van der Waals surface area contributed by atoms with Gasteiger partial charge in [0, 0.05) is 25.7 Å². The lowest BCUT2D eigenvalue weighted by Gasteiger charge is -2.36. The van der Waals surface area contributed by atoms with Crippen LogP contribution in [0.1, 0.15) is 173 Å². The van der Waals surface area contributed by atoms with Crippen molar-refractivity contribution in [3.05, 3.63) is 130 Å². The van der Waals surface area contributed by atoms with Gasteiger partial charge in [-0.05, 0) is 87.5 Å². The van der Waals surface area contributed by atoms with Crippen LogP contribution in [0.4, 0.5) is 0 Å². The SMILES string of the molecule is CCCCCCCC(=O)O[C@H]1CC(C)(C)C(/C=C/C(C)=C/C=C/C(C)=C/C=C/C=C(C)/C=C/C=C(C)/C=C/C2=C(C)C(=O)[C@@H](OC(=O)CCCCCCC)CC2(C)C)=C(C)C1=O. The molecule has 0 aromatic carbocycles. The monoisotopic (exact) mass is 849 g/mol. The summed E-state index contributed by atoms with van der Waals surface area (Å²) in [5.74, 6) is -0.733. The topological polar surface area (TPSA) is 86.7 Å². The largest absolute Gasteiger partial charge is 0.454 e. The molecule has 2 aliphatic rings. The molecule has 62 heavy (non-hydrogen) atoms. The van der Waals surface area contributed by atoms with Crippen molar-refractivity contribution >= 4 is 23.5 Å². The molecule has 0 fully saturated rings. The van der Waals surface area contributed by atoms with Gasteiger partial charge in [0.2, 0.25) is 0 Å². The molecule has 0 radical (unpaired) electrons. The Kier molecular flexibility index (Phi) is 23.7. The third-order valence-electron chi connectivity index (χ3n) is 11.8. The minimum atomic E-state index is -0.714. The molecule has 0 amide bonds. The van der Waals surface area contributed by atoms with Crippen LogP contribution in [-0.4, -0.2) is 35.7 Å². The highest BCUT2D eigenvalue weighted by Gasteiger charge is 2.41. The third-order valence-corrected chi connectivity index (χ3v) is 11.8. The Morgan fingerprint density at radius 1 is 0.516 bits per heavy atom.